The Labute approximate surface area is 146 Å². The van der Waals surface area contributed by atoms with Crippen LogP contribution >= 0.6 is 0 Å². The molecule has 0 amide bonds. The lowest BCUT2D eigenvalue weighted by molar-refractivity contribution is -0.182. The molecule has 3 aliphatic rings. The van der Waals surface area contributed by atoms with Gasteiger partial charge in [0.05, 0.1) is 19.3 Å². The van der Waals surface area contributed by atoms with Crippen LogP contribution in [0, 0.1) is 23.2 Å². The first-order valence-electron chi connectivity index (χ1n) is 9.59. The lowest BCUT2D eigenvalue weighted by Gasteiger charge is -2.55. The number of esters is 1. The molecule has 2 bridgehead atoms. The molecule has 24 heavy (non-hydrogen) atoms. The number of fused-ring (bicyclic) bond motifs is 2. The number of allylic oxidation sites excluding steroid dienone is 1. The maximum absolute atomic E-state index is 11.4. The van der Waals surface area contributed by atoms with Crippen molar-refractivity contribution in [2.45, 2.75) is 53.1 Å². The van der Waals surface area contributed by atoms with Crippen LogP contribution in [0.4, 0.5) is 0 Å². The van der Waals surface area contributed by atoms with Crippen molar-refractivity contribution >= 4 is 5.97 Å². The van der Waals surface area contributed by atoms with Crippen LogP contribution in [0.1, 0.15) is 47.0 Å². The summed E-state index contributed by atoms with van der Waals surface area (Å²) in [7, 11) is 0. The van der Waals surface area contributed by atoms with Crippen LogP contribution < -0.4 is 0 Å². The maximum Gasteiger partial charge on any atom is 0.302 e. The van der Waals surface area contributed by atoms with Gasteiger partial charge in [0.2, 0.25) is 0 Å². The monoisotopic (exact) mass is 335 g/mol. The Morgan fingerprint density at radius 3 is 2.71 bits per heavy atom. The molecule has 0 N–H and O–H groups in total. The smallest absolute Gasteiger partial charge is 0.302 e. The summed E-state index contributed by atoms with van der Waals surface area (Å²) in [5.41, 5.74) is 1.38. The third-order valence-corrected chi connectivity index (χ3v) is 6.79. The Bertz CT molecular complexity index is 497. The first-order valence-corrected chi connectivity index (χ1v) is 9.59. The second-order valence-electron chi connectivity index (χ2n) is 8.24. The number of ether oxygens (including phenoxy) is 2. The average molecular weight is 335 g/mol. The molecule has 2 heterocycles. The average Bonchev–Trinajstić information content (AvgIpc) is 2.54. The number of carbonyl (C=O) groups is 1. The Balaban J connectivity index is 1.77. The summed E-state index contributed by atoms with van der Waals surface area (Å²) in [5, 5.41) is 0. The Hall–Kier alpha value is -0.870. The van der Waals surface area contributed by atoms with E-state index in [2.05, 4.69) is 31.7 Å². The highest BCUT2D eigenvalue weighted by Gasteiger charge is 2.54. The lowest BCUT2D eigenvalue weighted by atomic mass is 9.56. The van der Waals surface area contributed by atoms with Gasteiger partial charge in [0.1, 0.15) is 0 Å². The number of hydrogen-bond acceptors (Lipinski definition) is 4. The van der Waals surface area contributed by atoms with Crippen LogP contribution in [-0.4, -0.2) is 49.8 Å². The molecule has 0 saturated carbocycles. The van der Waals surface area contributed by atoms with Gasteiger partial charge in [0.15, 0.2) is 0 Å². The fourth-order valence-electron chi connectivity index (χ4n) is 5.19. The molecule has 1 aliphatic carbocycles. The fraction of sp³-hybridized carbons (Fsp3) is 0.850. The molecule has 2 fully saturated rings. The summed E-state index contributed by atoms with van der Waals surface area (Å²) in [6.45, 7) is 13.0. The van der Waals surface area contributed by atoms with Crippen molar-refractivity contribution in [1.29, 1.82) is 0 Å². The molecule has 0 aromatic carbocycles. The molecule has 2 saturated heterocycles. The van der Waals surface area contributed by atoms with Crippen molar-refractivity contribution in [2.75, 3.05) is 32.8 Å². The van der Waals surface area contributed by atoms with Crippen LogP contribution in [0.2, 0.25) is 0 Å². The molecule has 0 spiro atoms. The normalized spacial score (nSPS) is 40.1. The molecular formula is C20H33NO3. The van der Waals surface area contributed by atoms with Gasteiger partial charge in [-0.2, -0.15) is 0 Å². The first-order chi connectivity index (χ1) is 11.4. The summed E-state index contributed by atoms with van der Waals surface area (Å²) < 4.78 is 11.9. The number of likely N-dealkylation sites (tertiary alicyclic amines) is 1. The third-order valence-electron chi connectivity index (χ3n) is 6.79. The van der Waals surface area contributed by atoms with Gasteiger partial charge in [-0.3, -0.25) is 4.79 Å². The molecule has 2 aliphatic heterocycles. The van der Waals surface area contributed by atoms with Gasteiger partial charge in [-0.15, -0.1) is 0 Å². The predicted octanol–water partition coefficient (Wildman–Crippen LogP) is 3.27. The molecule has 0 aromatic heterocycles. The van der Waals surface area contributed by atoms with E-state index in [0.29, 0.717) is 31.0 Å². The molecule has 0 radical (unpaired) electrons. The van der Waals surface area contributed by atoms with Crippen LogP contribution in [0.3, 0.4) is 0 Å². The zero-order valence-corrected chi connectivity index (χ0v) is 15.7. The van der Waals surface area contributed by atoms with E-state index in [-0.39, 0.29) is 17.5 Å². The first kappa shape index (κ1) is 17.9. The third kappa shape index (κ3) is 3.28. The van der Waals surface area contributed by atoms with Gasteiger partial charge in [-0.05, 0) is 44.7 Å². The Morgan fingerprint density at radius 2 is 2.04 bits per heavy atom. The highest BCUT2D eigenvalue weighted by atomic mass is 16.5. The summed E-state index contributed by atoms with van der Waals surface area (Å²) >= 11 is 0. The quantitative estimate of drug-likeness (QED) is 0.584. The van der Waals surface area contributed by atoms with Crippen molar-refractivity contribution in [1.82, 2.24) is 4.90 Å². The molecule has 0 unspecified atom stereocenters. The van der Waals surface area contributed by atoms with Gasteiger partial charge in [-0.25, -0.2) is 0 Å². The molecule has 0 aromatic rings. The summed E-state index contributed by atoms with van der Waals surface area (Å²) in [4.78, 5) is 13.9. The second-order valence-corrected chi connectivity index (χ2v) is 8.24. The van der Waals surface area contributed by atoms with Crippen LogP contribution in [-0.2, 0) is 14.3 Å². The van der Waals surface area contributed by atoms with Crippen molar-refractivity contribution in [3.8, 4) is 0 Å². The van der Waals surface area contributed by atoms with Crippen LogP contribution in [0.5, 0.6) is 0 Å². The summed E-state index contributed by atoms with van der Waals surface area (Å²) in [5.74, 6) is 1.09. The van der Waals surface area contributed by atoms with Gasteiger partial charge in [-0.1, -0.05) is 31.9 Å². The van der Waals surface area contributed by atoms with Gasteiger partial charge < -0.3 is 14.4 Å². The van der Waals surface area contributed by atoms with E-state index in [1.54, 1.807) is 0 Å². The minimum absolute atomic E-state index is 0.0752. The van der Waals surface area contributed by atoms with Crippen LogP contribution in [0.15, 0.2) is 11.6 Å². The zero-order chi connectivity index (χ0) is 17.3. The molecule has 4 heteroatoms. The van der Waals surface area contributed by atoms with E-state index in [9.17, 15) is 4.79 Å². The Kier molecular flexibility index (Phi) is 5.36. The second kappa shape index (κ2) is 7.17. The topological polar surface area (TPSA) is 38.8 Å². The van der Waals surface area contributed by atoms with Crippen LogP contribution in [0.25, 0.3) is 0 Å². The number of piperidine rings is 1. The van der Waals surface area contributed by atoms with Crippen molar-refractivity contribution in [3.05, 3.63) is 11.6 Å². The molecule has 4 nitrogen and oxygen atoms in total. The molecule has 136 valence electrons. The fourth-order valence-corrected chi connectivity index (χ4v) is 5.19. The van der Waals surface area contributed by atoms with E-state index < -0.39 is 0 Å². The van der Waals surface area contributed by atoms with E-state index in [0.717, 1.165) is 6.54 Å². The highest BCUT2D eigenvalue weighted by molar-refractivity contribution is 5.65. The largest absolute Gasteiger partial charge is 0.465 e. The molecule has 5 atom stereocenters. The van der Waals surface area contributed by atoms with Crippen molar-refractivity contribution < 1.29 is 14.3 Å². The number of nitrogens with zero attached hydrogens (tertiary/aromatic N) is 1. The Morgan fingerprint density at radius 1 is 1.33 bits per heavy atom. The molecule has 3 rings (SSSR count). The van der Waals surface area contributed by atoms with Crippen molar-refractivity contribution in [3.63, 3.8) is 0 Å². The summed E-state index contributed by atoms with van der Waals surface area (Å²) in [6, 6.07) is 0. The van der Waals surface area contributed by atoms with Gasteiger partial charge >= 0.3 is 5.97 Å². The number of rotatable bonds is 4. The minimum atomic E-state index is -0.193. The SMILES string of the molecule is CC(=O)OC[C@]12CO[C@H](CN3CCCCC3)[C@@H](C(C)=C[C@@H]1C)[C@H]2C. The van der Waals surface area contributed by atoms with Crippen molar-refractivity contribution in [2.24, 2.45) is 23.2 Å². The number of hydrogen-bond donors (Lipinski definition) is 0. The van der Waals surface area contributed by atoms with E-state index >= 15 is 0 Å². The minimum Gasteiger partial charge on any atom is -0.465 e. The molecular weight excluding hydrogens is 302 g/mol. The summed E-state index contributed by atoms with van der Waals surface area (Å²) in [6.07, 6.45) is 6.67. The maximum atomic E-state index is 11.4. The van der Waals surface area contributed by atoms with Gasteiger partial charge in [0.25, 0.3) is 0 Å². The standard InChI is InChI=1S/C20H33NO3/c1-14-10-15(2)20(12-23-17(4)22)13-24-18(19(14)16(20)3)11-21-8-6-5-7-9-21/h10,15-16,18-19H,5-9,11-13H2,1-4H3/t15-,16+,18+,19-,20-/m0/s1. The van der Waals surface area contributed by atoms with E-state index in [1.165, 1.54) is 44.8 Å². The predicted molar refractivity (Wildman–Crippen MR) is 94.7 cm³/mol. The van der Waals surface area contributed by atoms with E-state index in [1.807, 2.05) is 0 Å². The van der Waals surface area contributed by atoms with E-state index in [4.69, 9.17) is 9.47 Å². The van der Waals surface area contributed by atoms with Gasteiger partial charge in [0, 0.05) is 24.8 Å². The lowest BCUT2D eigenvalue weighted by Crippen LogP contribution is -2.58. The highest BCUT2D eigenvalue weighted by Crippen LogP contribution is 2.52. The number of carbonyl (C=O) groups excluding carboxylic acids is 1. The zero-order valence-electron chi connectivity index (χ0n) is 15.7.